The average Bonchev–Trinajstić information content (AvgIpc) is 3.01. The molecule has 0 aliphatic carbocycles. The fraction of sp³-hybridized carbons (Fsp3) is 0.150. The Morgan fingerprint density at radius 2 is 2.00 bits per heavy atom. The van der Waals surface area contributed by atoms with Gasteiger partial charge in [-0.3, -0.25) is 4.79 Å². The van der Waals surface area contributed by atoms with Gasteiger partial charge in [-0.1, -0.05) is 23.7 Å². The summed E-state index contributed by atoms with van der Waals surface area (Å²) in [6.07, 6.45) is 1.73. The van der Waals surface area contributed by atoms with Crippen molar-refractivity contribution in [2.24, 2.45) is 4.99 Å². The normalized spacial score (nSPS) is 16.3. The van der Waals surface area contributed by atoms with E-state index in [9.17, 15) is 9.59 Å². The number of esters is 1. The molecule has 0 unspecified atom stereocenters. The summed E-state index contributed by atoms with van der Waals surface area (Å²) in [7, 11) is 1.54. The zero-order chi connectivity index (χ0) is 20.1. The lowest BCUT2D eigenvalue weighted by molar-refractivity contribution is -0.115. The number of carbonyl (C=O) groups is 2. The van der Waals surface area contributed by atoms with E-state index in [4.69, 9.17) is 21.1 Å². The molecule has 0 saturated carbocycles. The number of amides is 1. The van der Waals surface area contributed by atoms with Crippen LogP contribution in [0.5, 0.6) is 5.75 Å². The van der Waals surface area contributed by atoms with Crippen molar-refractivity contribution in [2.75, 3.05) is 13.7 Å². The van der Waals surface area contributed by atoms with Crippen LogP contribution in [-0.4, -0.2) is 30.8 Å². The summed E-state index contributed by atoms with van der Waals surface area (Å²) in [5.41, 5.74) is 1.77. The van der Waals surface area contributed by atoms with E-state index < -0.39 is 0 Å². The summed E-state index contributed by atoms with van der Waals surface area (Å²) in [6.45, 7) is 2.08. The molecule has 144 valence electrons. The number of carbonyl (C=O) groups excluding carboxylic acids is 2. The van der Waals surface area contributed by atoms with Gasteiger partial charge in [0.05, 0.1) is 24.2 Å². The Morgan fingerprint density at radius 3 is 2.68 bits per heavy atom. The van der Waals surface area contributed by atoms with Crippen molar-refractivity contribution < 1.29 is 19.1 Å². The van der Waals surface area contributed by atoms with Gasteiger partial charge in [-0.15, -0.1) is 0 Å². The van der Waals surface area contributed by atoms with Crippen LogP contribution in [0, 0.1) is 0 Å². The number of rotatable bonds is 5. The molecular formula is C20H17ClN2O4S. The number of benzene rings is 2. The molecule has 0 bridgehead atoms. The summed E-state index contributed by atoms with van der Waals surface area (Å²) in [6, 6.07) is 11.9. The van der Waals surface area contributed by atoms with Gasteiger partial charge in [0.2, 0.25) is 0 Å². The van der Waals surface area contributed by atoms with Gasteiger partial charge in [0, 0.05) is 5.02 Å². The number of hydrogen-bond donors (Lipinski definition) is 1. The largest absolute Gasteiger partial charge is 0.494 e. The van der Waals surface area contributed by atoms with Crippen LogP contribution < -0.4 is 10.1 Å². The number of aliphatic imine (C=N–C) groups is 1. The first kappa shape index (κ1) is 20.0. The summed E-state index contributed by atoms with van der Waals surface area (Å²) < 4.78 is 10.2. The Labute approximate surface area is 171 Å². The highest BCUT2D eigenvalue weighted by molar-refractivity contribution is 8.18. The topological polar surface area (TPSA) is 77.0 Å². The van der Waals surface area contributed by atoms with Crippen LogP contribution in [0.15, 0.2) is 52.4 Å². The maximum absolute atomic E-state index is 12.2. The highest BCUT2D eigenvalue weighted by Gasteiger charge is 2.24. The summed E-state index contributed by atoms with van der Waals surface area (Å²) in [4.78, 5) is 28.9. The molecule has 1 fully saturated rings. The average molecular weight is 417 g/mol. The first-order valence-electron chi connectivity index (χ1n) is 8.40. The van der Waals surface area contributed by atoms with Gasteiger partial charge in [0.1, 0.15) is 11.4 Å². The number of methoxy groups -OCH3 is 1. The smallest absolute Gasteiger partial charge is 0.338 e. The highest BCUT2D eigenvalue weighted by Crippen LogP contribution is 2.34. The maximum Gasteiger partial charge on any atom is 0.338 e. The molecule has 8 heteroatoms. The van der Waals surface area contributed by atoms with E-state index in [0.717, 1.165) is 5.56 Å². The van der Waals surface area contributed by atoms with E-state index in [-0.39, 0.29) is 11.9 Å². The van der Waals surface area contributed by atoms with Crippen molar-refractivity contribution in [3.05, 3.63) is 63.5 Å². The number of ether oxygens (including phenoxy) is 2. The number of amidine groups is 1. The lowest BCUT2D eigenvalue weighted by atomic mass is 10.1. The van der Waals surface area contributed by atoms with Crippen LogP contribution in [0.3, 0.4) is 0 Å². The van der Waals surface area contributed by atoms with Crippen LogP contribution in [0.25, 0.3) is 6.08 Å². The van der Waals surface area contributed by atoms with Gasteiger partial charge in [0.25, 0.3) is 5.91 Å². The second-order valence-corrected chi connectivity index (χ2v) is 7.11. The molecular weight excluding hydrogens is 400 g/mol. The summed E-state index contributed by atoms with van der Waals surface area (Å²) in [5, 5.41) is 3.67. The minimum absolute atomic E-state index is 0.251. The Bertz CT molecular complexity index is 971. The van der Waals surface area contributed by atoms with Gasteiger partial charge >= 0.3 is 5.97 Å². The molecule has 1 saturated heterocycles. The molecule has 28 heavy (non-hydrogen) atoms. The Balaban J connectivity index is 1.79. The third-order valence-corrected chi connectivity index (χ3v) is 4.88. The fourth-order valence-electron chi connectivity index (χ4n) is 2.42. The second kappa shape index (κ2) is 8.95. The monoisotopic (exact) mass is 416 g/mol. The molecule has 1 aliphatic heterocycles. The minimum atomic E-state index is -0.375. The van der Waals surface area contributed by atoms with Gasteiger partial charge in [-0.2, -0.15) is 0 Å². The molecule has 0 aromatic heterocycles. The number of nitrogens with one attached hydrogen (secondary N) is 1. The van der Waals surface area contributed by atoms with Crippen LogP contribution in [0.4, 0.5) is 5.69 Å². The molecule has 2 aromatic carbocycles. The Hall–Kier alpha value is -2.77. The molecule has 2 aromatic rings. The molecule has 0 spiro atoms. The molecule has 0 radical (unpaired) electrons. The van der Waals surface area contributed by atoms with Crippen molar-refractivity contribution in [1.82, 2.24) is 5.32 Å². The third-order valence-electron chi connectivity index (χ3n) is 3.73. The molecule has 1 amide bonds. The van der Waals surface area contributed by atoms with Crippen molar-refractivity contribution in [2.45, 2.75) is 6.92 Å². The zero-order valence-electron chi connectivity index (χ0n) is 15.2. The molecule has 1 N–H and O–H groups in total. The quantitative estimate of drug-likeness (QED) is 0.576. The van der Waals surface area contributed by atoms with Gasteiger partial charge in [-0.05, 0) is 60.7 Å². The third kappa shape index (κ3) is 4.74. The van der Waals surface area contributed by atoms with Crippen molar-refractivity contribution in [1.29, 1.82) is 0 Å². The molecule has 1 heterocycles. The van der Waals surface area contributed by atoms with Crippen molar-refractivity contribution >= 4 is 52.2 Å². The van der Waals surface area contributed by atoms with E-state index in [0.29, 0.717) is 38.7 Å². The van der Waals surface area contributed by atoms with Crippen LogP contribution in [-0.2, 0) is 9.53 Å². The fourth-order valence-corrected chi connectivity index (χ4v) is 3.42. The maximum atomic E-state index is 12.2. The highest BCUT2D eigenvalue weighted by atomic mass is 35.5. The predicted octanol–water partition coefficient (Wildman–Crippen LogP) is 4.42. The van der Waals surface area contributed by atoms with E-state index >= 15 is 0 Å². The number of halogens is 1. The molecule has 1 aliphatic rings. The van der Waals surface area contributed by atoms with Crippen LogP contribution in [0.1, 0.15) is 22.8 Å². The SMILES string of the molecule is CCOC(=O)c1ccc(/C=C2\SC(=Nc3cc(Cl)ccc3OC)NC2=O)cc1. The molecule has 6 nitrogen and oxygen atoms in total. The van der Waals surface area contributed by atoms with Gasteiger partial charge < -0.3 is 14.8 Å². The lowest BCUT2D eigenvalue weighted by Crippen LogP contribution is -2.19. The summed E-state index contributed by atoms with van der Waals surface area (Å²) in [5.74, 6) is -0.0717. The zero-order valence-corrected chi connectivity index (χ0v) is 16.8. The van der Waals surface area contributed by atoms with E-state index in [1.165, 1.54) is 11.8 Å². The van der Waals surface area contributed by atoms with Gasteiger partial charge in [0.15, 0.2) is 5.17 Å². The van der Waals surface area contributed by atoms with E-state index in [1.807, 2.05) is 0 Å². The standard InChI is InChI=1S/C20H17ClN2O4S/c1-3-27-19(25)13-6-4-12(5-7-13)10-17-18(24)23-20(28-17)22-15-11-14(21)8-9-16(15)26-2/h4-11H,3H2,1-2H3,(H,22,23,24)/b17-10-. The first-order chi connectivity index (χ1) is 13.5. The van der Waals surface area contributed by atoms with Gasteiger partial charge in [-0.25, -0.2) is 9.79 Å². The molecule has 3 rings (SSSR count). The first-order valence-corrected chi connectivity index (χ1v) is 9.60. The van der Waals surface area contributed by atoms with Crippen LogP contribution in [0.2, 0.25) is 5.02 Å². The Kier molecular flexibility index (Phi) is 6.38. The predicted molar refractivity (Wildman–Crippen MR) is 111 cm³/mol. The number of thioether (sulfide) groups is 1. The number of hydrogen-bond acceptors (Lipinski definition) is 6. The second-order valence-electron chi connectivity index (χ2n) is 5.64. The van der Waals surface area contributed by atoms with Crippen molar-refractivity contribution in [3.8, 4) is 5.75 Å². The lowest BCUT2D eigenvalue weighted by Gasteiger charge is -2.05. The van der Waals surface area contributed by atoms with Crippen molar-refractivity contribution in [3.63, 3.8) is 0 Å². The summed E-state index contributed by atoms with van der Waals surface area (Å²) >= 11 is 7.23. The van der Waals surface area contributed by atoms with E-state index in [1.54, 1.807) is 62.6 Å². The number of nitrogens with zero attached hydrogens (tertiary/aromatic N) is 1. The van der Waals surface area contributed by atoms with Crippen LogP contribution >= 0.6 is 23.4 Å². The van der Waals surface area contributed by atoms with E-state index in [2.05, 4.69) is 10.3 Å². The molecule has 0 atom stereocenters. The Morgan fingerprint density at radius 1 is 1.25 bits per heavy atom. The minimum Gasteiger partial charge on any atom is -0.494 e.